The molecule has 2 nitrogen and oxygen atoms in total. The Morgan fingerprint density at radius 1 is 1.29 bits per heavy atom. The summed E-state index contributed by atoms with van der Waals surface area (Å²) >= 11 is 1.42. The highest BCUT2D eigenvalue weighted by Gasteiger charge is 2.35. The van der Waals surface area contributed by atoms with E-state index in [-0.39, 0.29) is 16.5 Å². The van der Waals surface area contributed by atoms with Crippen molar-refractivity contribution in [3.05, 3.63) is 35.9 Å². The third-order valence-corrected chi connectivity index (χ3v) is 4.10. The Hall–Kier alpha value is -0.960. The number of amides is 1. The van der Waals surface area contributed by atoms with Crippen molar-refractivity contribution < 1.29 is 4.79 Å². The van der Waals surface area contributed by atoms with Gasteiger partial charge in [0.25, 0.3) is 5.24 Å². The van der Waals surface area contributed by atoms with Crippen molar-refractivity contribution in [1.29, 1.82) is 0 Å². The Balaban J connectivity index is 2.26. The van der Waals surface area contributed by atoms with Gasteiger partial charge in [-0.05, 0) is 12.5 Å². The quantitative estimate of drug-likeness (QED) is 0.705. The van der Waals surface area contributed by atoms with Gasteiger partial charge in [-0.2, -0.15) is 0 Å². The number of carbonyl (C=O) groups excluding carboxylic acids is 1. The van der Waals surface area contributed by atoms with Crippen LogP contribution >= 0.6 is 11.8 Å². The molecule has 0 spiro atoms. The van der Waals surface area contributed by atoms with Crippen molar-refractivity contribution in [3.8, 4) is 0 Å². The fourth-order valence-corrected chi connectivity index (χ4v) is 2.87. The van der Waals surface area contributed by atoms with Crippen LogP contribution in [0.3, 0.4) is 0 Å². The highest BCUT2D eigenvalue weighted by atomic mass is 32.2. The van der Waals surface area contributed by atoms with Crippen LogP contribution in [0.1, 0.15) is 17.7 Å². The molecule has 1 aliphatic rings. The summed E-state index contributed by atoms with van der Waals surface area (Å²) in [5.41, 5.74) is 1.24. The van der Waals surface area contributed by atoms with Gasteiger partial charge in [0, 0.05) is 13.1 Å². The van der Waals surface area contributed by atoms with E-state index >= 15 is 0 Å². The lowest BCUT2D eigenvalue weighted by Gasteiger charge is -2.18. The van der Waals surface area contributed by atoms with Crippen LogP contribution in [-0.4, -0.2) is 23.2 Å². The molecule has 74 valence electrons. The van der Waals surface area contributed by atoms with Crippen molar-refractivity contribution in [1.82, 2.24) is 4.90 Å². The molecule has 0 N–H and O–H groups in total. The second kappa shape index (κ2) is 3.65. The lowest BCUT2D eigenvalue weighted by atomic mass is 10.1. The topological polar surface area (TPSA) is 20.3 Å². The van der Waals surface area contributed by atoms with Gasteiger partial charge in [0.1, 0.15) is 0 Å². The first kappa shape index (κ1) is 9.59. The van der Waals surface area contributed by atoms with E-state index in [4.69, 9.17) is 0 Å². The van der Waals surface area contributed by atoms with Crippen molar-refractivity contribution in [2.75, 3.05) is 7.05 Å². The lowest BCUT2D eigenvalue weighted by Crippen LogP contribution is -2.27. The molecule has 3 heteroatoms. The third kappa shape index (κ3) is 1.52. The van der Waals surface area contributed by atoms with Gasteiger partial charge in [0.05, 0.1) is 5.25 Å². The molecule has 1 saturated heterocycles. The predicted octanol–water partition coefficient (Wildman–Crippen LogP) is 2.91. The van der Waals surface area contributed by atoms with Crippen molar-refractivity contribution in [3.63, 3.8) is 0 Å². The van der Waals surface area contributed by atoms with Crippen LogP contribution in [0.25, 0.3) is 0 Å². The van der Waals surface area contributed by atoms with Gasteiger partial charge in [-0.25, -0.2) is 0 Å². The molecular formula is C11H13NOS. The summed E-state index contributed by atoms with van der Waals surface area (Å²) in [5, 5.41) is 0.458. The maximum Gasteiger partial charge on any atom is 0.282 e. The average Bonchev–Trinajstić information content (AvgIpc) is 2.47. The highest BCUT2D eigenvalue weighted by Crippen LogP contribution is 2.41. The van der Waals surface area contributed by atoms with Gasteiger partial charge in [-0.15, -0.1) is 0 Å². The van der Waals surface area contributed by atoms with Gasteiger partial charge in [-0.1, -0.05) is 42.1 Å². The van der Waals surface area contributed by atoms with E-state index in [9.17, 15) is 4.79 Å². The number of hydrogen-bond donors (Lipinski definition) is 0. The summed E-state index contributed by atoms with van der Waals surface area (Å²) in [5.74, 6) is 0. The van der Waals surface area contributed by atoms with E-state index in [1.165, 1.54) is 17.3 Å². The highest BCUT2D eigenvalue weighted by molar-refractivity contribution is 8.14. The monoisotopic (exact) mass is 207 g/mol. The van der Waals surface area contributed by atoms with Crippen LogP contribution in [0.2, 0.25) is 0 Å². The van der Waals surface area contributed by atoms with Gasteiger partial charge < -0.3 is 4.90 Å². The van der Waals surface area contributed by atoms with Gasteiger partial charge >= 0.3 is 0 Å². The molecule has 1 aromatic rings. The first-order valence-electron chi connectivity index (χ1n) is 4.68. The number of nitrogens with zero attached hydrogens (tertiary/aromatic N) is 1. The molecule has 2 atom stereocenters. The largest absolute Gasteiger partial charge is 0.332 e. The second-order valence-corrected chi connectivity index (χ2v) is 4.66. The minimum absolute atomic E-state index is 0.173. The Kier molecular flexibility index (Phi) is 2.50. The molecule has 0 aliphatic carbocycles. The van der Waals surface area contributed by atoms with E-state index in [0.717, 1.165) is 0 Å². The van der Waals surface area contributed by atoms with E-state index in [0.29, 0.717) is 0 Å². The van der Waals surface area contributed by atoms with Crippen molar-refractivity contribution in [2.24, 2.45) is 0 Å². The van der Waals surface area contributed by atoms with E-state index < -0.39 is 0 Å². The number of likely N-dealkylation sites (N-methyl/N-ethyl adjacent to an activating group) is 1. The number of hydrogen-bond acceptors (Lipinski definition) is 2. The first-order chi connectivity index (χ1) is 6.70. The smallest absolute Gasteiger partial charge is 0.282 e. The minimum atomic E-state index is 0.173. The summed E-state index contributed by atoms with van der Waals surface area (Å²) in [6, 6.07) is 10.5. The third-order valence-electron chi connectivity index (χ3n) is 2.69. The molecule has 14 heavy (non-hydrogen) atoms. The summed E-state index contributed by atoms with van der Waals surface area (Å²) in [6.45, 7) is 2.09. The van der Waals surface area contributed by atoms with Crippen LogP contribution in [-0.2, 0) is 0 Å². The second-order valence-electron chi connectivity index (χ2n) is 3.57. The molecule has 1 heterocycles. The minimum Gasteiger partial charge on any atom is -0.332 e. The average molecular weight is 207 g/mol. The molecule has 0 aromatic heterocycles. The summed E-state index contributed by atoms with van der Waals surface area (Å²) in [7, 11) is 1.86. The molecule has 0 unspecified atom stereocenters. The normalized spacial score (nSPS) is 27.0. The molecule has 0 bridgehead atoms. The zero-order valence-corrected chi connectivity index (χ0v) is 9.12. The maximum atomic E-state index is 11.5. The first-order valence-corrected chi connectivity index (χ1v) is 5.56. The van der Waals surface area contributed by atoms with Gasteiger partial charge in [0.2, 0.25) is 0 Å². The molecule has 1 fully saturated rings. The van der Waals surface area contributed by atoms with Crippen LogP contribution in [0, 0.1) is 0 Å². The standard InChI is InChI=1S/C11H13NOS/c1-8-10(14-11(13)12(8)2)9-6-4-3-5-7-9/h3-8,10H,1-2H3/t8-,10-/m0/s1. The Labute approximate surface area is 88.3 Å². The van der Waals surface area contributed by atoms with E-state index in [1.807, 2.05) is 30.1 Å². The number of thioether (sulfide) groups is 1. The van der Waals surface area contributed by atoms with Gasteiger partial charge in [0.15, 0.2) is 0 Å². The van der Waals surface area contributed by atoms with E-state index in [1.54, 1.807) is 0 Å². The van der Waals surface area contributed by atoms with E-state index in [2.05, 4.69) is 19.1 Å². The predicted molar refractivity (Wildman–Crippen MR) is 59.4 cm³/mol. The number of benzene rings is 1. The Morgan fingerprint density at radius 3 is 2.43 bits per heavy atom. The number of carbonyl (C=O) groups is 1. The summed E-state index contributed by atoms with van der Waals surface area (Å²) in [4.78, 5) is 13.3. The summed E-state index contributed by atoms with van der Waals surface area (Å²) < 4.78 is 0. The summed E-state index contributed by atoms with van der Waals surface area (Å²) in [6.07, 6.45) is 0. The molecule has 0 radical (unpaired) electrons. The molecule has 2 rings (SSSR count). The number of rotatable bonds is 1. The van der Waals surface area contributed by atoms with Crippen LogP contribution in [0.15, 0.2) is 30.3 Å². The molecular weight excluding hydrogens is 194 g/mol. The molecule has 0 saturated carbocycles. The maximum absolute atomic E-state index is 11.5. The molecule has 1 aromatic carbocycles. The SMILES string of the molecule is C[C@H]1[C@@H](c2ccccc2)SC(=O)N1C. The fraction of sp³-hybridized carbons (Fsp3) is 0.364. The van der Waals surface area contributed by atoms with Crippen LogP contribution in [0.4, 0.5) is 4.79 Å². The lowest BCUT2D eigenvalue weighted by molar-refractivity contribution is 0.225. The van der Waals surface area contributed by atoms with Crippen molar-refractivity contribution >= 4 is 17.0 Å². The Bertz CT molecular complexity index is 338. The zero-order chi connectivity index (χ0) is 10.1. The Morgan fingerprint density at radius 2 is 1.93 bits per heavy atom. The van der Waals surface area contributed by atoms with Crippen LogP contribution in [0.5, 0.6) is 0 Å². The molecule has 1 amide bonds. The molecule has 1 aliphatic heterocycles. The van der Waals surface area contributed by atoms with Gasteiger partial charge in [-0.3, -0.25) is 4.79 Å². The van der Waals surface area contributed by atoms with Crippen LogP contribution < -0.4 is 0 Å². The zero-order valence-electron chi connectivity index (χ0n) is 8.31. The fourth-order valence-electron chi connectivity index (χ4n) is 1.65. The van der Waals surface area contributed by atoms with Crippen molar-refractivity contribution in [2.45, 2.75) is 18.2 Å².